The molecule has 1 N–H and O–H groups in total. The maximum atomic E-state index is 12.2. The van der Waals surface area contributed by atoms with E-state index in [0.717, 1.165) is 16.3 Å². The average molecular weight is 381 g/mol. The Labute approximate surface area is 142 Å². The number of rotatable bonds is 7. The molecule has 0 amide bonds. The van der Waals surface area contributed by atoms with E-state index in [1.165, 1.54) is 11.3 Å². The number of nitrogens with zero attached hydrogens (tertiary/aromatic N) is 2. The van der Waals surface area contributed by atoms with Crippen LogP contribution in [0.4, 0.5) is 13.2 Å². The van der Waals surface area contributed by atoms with Crippen LogP contribution in [0.25, 0.3) is 0 Å². The zero-order valence-electron chi connectivity index (χ0n) is 13.2. The number of hydrogen-bond acceptors (Lipinski definition) is 4. The van der Waals surface area contributed by atoms with Gasteiger partial charge in [0.05, 0.1) is 23.9 Å². The molecule has 0 spiro atoms. The Morgan fingerprint density at radius 1 is 1.38 bits per heavy atom. The maximum Gasteiger partial charge on any atom is 0.390 e. The summed E-state index contributed by atoms with van der Waals surface area (Å²) in [5.41, 5.74) is 1.63. The fraction of sp³-hybridized carbons (Fsp3) is 0.500. The zero-order valence-corrected chi connectivity index (χ0v) is 14.8. The lowest BCUT2D eigenvalue weighted by Gasteiger charge is -2.19. The number of halogens is 3. The van der Waals surface area contributed by atoms with E-state index in [4.69, 9.17) is 0 Å². The third-order valence-corrected chi connectivity index (χ3v) is 5.68. The second kappa shape index (κ2) is 7.24. The van der Waals surface area contributed by atoms with Gasteiger partial charge >= 0.3 is 6.18 Å². The molecule has 2 aromatic rings. The van der Waals surface area contributed by atoms with Gasteiger partial charge in [-0.25, -0.2) is 13.1 Å². The first-order chi connectivity index (χ1) is 11.1. The predicted molar refractivity (Wildman–Crippen MR) is 86.6 cm³/mol. The van der Waals surface area contributed by atoms with E-state index < -0.39 is 34.4 Å². The van der Waals surface area contributed by atoms with Gasteiger partial charge in [0.1, 0.15) is 0 Å². The number of hydrogen-bond donors (Lipinski definition) is 1. The molecule has 0 bridgehead atoms. The van der Waals surface area contributed by atoms with E-state index >= 15 is 0 Å². The van der Waals surface area contributed by atoms with Crippen LogP contribution >= 0.6 is 11.3 Å². The normalized spacial score (nSPS) is 14.0. The van der Waals surface area contributed by atoms with Crippen LogP contribution in [-0.2, 0) is 10.0 Å². The first kappa shape index (κ1) is 18.9. The summed E-state index contributed by atoms with van der Waals surface area (Å²) in [5.74, 6) is -0.981. The minimum absolute atomic E-state index is 0.0529. The largest absolute Gasteiger partial charge is 0.390 e. The van der Waals surface area contributed by atoms with Crippen LogP contribution in [-0.4, -0.2) is 36.7 Å². The number of sulfonamides is 1. The predicted octanol–water partition coefficient (Wildman–Crippen LogP) is 3.02. The van der Waals surface area contributed by atoms with Crippen molar-refractivity contribution in [2.24, 2.45) is 0 Å². The first-order valence-corrected chi connectivity index (χ1v) is 9.71. The highest BCUT2D eigenvalue weighted by atomic mass is 32.2. The highest BCUT2D eigenvalue weighted by Crippen LogP contribution is 2.25. The Morgan fingerprint density at radius 3 is 2.58 bits per heavy atom. The van der Waals surface area contributed by atoms with Crippen molar-refractivity contribution in [3.8, 4) is 0 Å². The van der Waals surface area contributed by atoms with E-state index in [0.29, 0.717) is 0 Å². The first-order valence-electron chi connectivity index (χ1n) is 7.18. The van der Waals surface area contributed by atoms with E-state index in [-0.39, 0.29) is 6.54 Å². The fourth-order valence-electron chi connectivity index (χ4n) is 2.28. The number of alkyl halides is 3. The van der Waals surface area contributed by atoms with Crippen molar-refractivity contribution < 1.29 is 21.6 Å². The second-order valence-corrected chi connectivity index (χ2v) is 8.34. The Hall–Kier alpha value is -1.39. The molecule has 2 aromatic heterocycles. The fourth-order valence-corrected chi connectivity index (χ4v) is 4.15. The van der Waals surface area contributed by atoms with Crippen molar-refractivity contribution in [2.45, 2.75) is 32.5 Å². The van der Waals surface area contributed by atoms with Gasteiger partial charge in [-0.3, -0.25) is 4.68 Å². The molecule has 24 heavy (non-hydrogen) atoms. The summed E-state index contributed by atoms with van der Waals surface area (Å²) in [7, 11) is -4.02. The quantitative estimate of drug-likeness (QED) is 0.802. The Bertz CT molecular complexity index is 768. The number of nitrogens with one attached hydrogen (secondary N) is 1. The summed E-state index contributed by atoms with van der Waals surface area (Å²) in [5, 5.41) is 6.21. The van der Waals surface area contributed by atoms with Crippen LogP contribution in [0.2, 0.25) is 0 Å². The minimum Gasteiger partial charge on any atom is -0.260 e. The molecular weight excluding hydrogens is 363 g/mol. The van der Waals surface area contributed by atoms with E-state index in [1.807, 2.05) is 37.4 Å². The lowest BCUT2D eigenvalue weighted by atomic mass is 10.2. The molecule has 0 saturated heterocycles. The molecule has 0 unspecified atom stereocenters. The average Bonchev–Trinajstić information content (AvgIpc) is 3.07. The Balaban J connectivity index is 2.14. The molecule has 0 radical (unpaired) electrons. The summed E-state index contributed by atoms with van der Waals surface area (Å²) in [6, 6.07) is 5.13. The molecule has 2 heterocycles. The molecule has 134 valence electrons. The van der Waals surface area contributed by atoms with Gasteiger partial charge in [-0.05, 0) is 31.4 Å². The molecule has 0 saturated carbocycles. The van der Waals surface area contributed by atoms with E-state index in [2.05, 4.69) is 9.82 Å². The standard InChI is InChI=1S/C14H18F3N3O2S2/c1-10-8-11(2)20(19-10)12(13-4-3-6-23-13)9-18-24(21,22)7-5-14(15,16)17/h3-4,6,8,12,18H,5,7,9H2,1-2H3/t12-/m0/s1. The van der Waals surface area contributed by atoms with E-state index in [9.17, 15) is 21.6 Å². The molecule has 0 aliphatic rings. The molecule has 0 aliphatic heterocycles. The number of aryl methyl sites for hydroxylation is 2. The summed E-state index contributed by atoms with van der Waals surface area (Å²) in [6.45, 7) is 3.61. The van der Waals surface area contributed by atoms with Crippen LogP contribution in [0.15, 0.2) is 23.6 Å². The third kappa shape index (κ3) is 5.32. The van der Waals surface area contributed by atoms with Gasteiger partial charge in [-0.1, -0.05) is 6.07 Å². The monoisotopic (exact) mass is 381 g/mol. The minimum atomic E-state index is -4.50. The van der Waals surface area contributed by atoms with Crippen molar-refractivity contribution in [2.75, 3.05) is 12.3 Å². The number of aromatic nitrogens is 2. The molecule has 1 atom stereocenters. The van der Waals surface area contributed by atoms with Gasteiger partial charge in [-0.2, -0.15) is 18.3 Å². The number of thiophene rings is 1. The Morgan fingerprint density at radius 2 is 2.08 bits per heavy atom. The van der Waals surface area contributed by atoms with Crippen molar-refractivity contribution in [1.82, 2.24) is 14.5 Å². The maximum absolute atomic E-state index is 12.2. The SMILES string of the molecule is Cc1cc(C)n([C@@H](CNS(=O)(=O)CCC(F)(F)F)c2cccs2)n1. The molecule has 0 aromatic carbocycles. The smallest absolute Gasteiger partial charge is 0.260 e. The topological polar surface area (TPSA) is 64.0 Å². The molecule has 0 aliphatic carbocycles. The van der Waals surface area contributed by atoms with Gasteiger partial charge in [-0.15, -0.1) is 11.3 Å². The van der Waals surface area contributed by atoms with Crippen molar-refractivity contribution in [3.63, 3.8) is 0 Å². The highest BCUT2D eigenvalue weighted by molar-refractivity contribution is 7.89. The van der Waals surface area contributed by atoms with Gasteiger partial charge in [0.2, 0.25) is 10.0 Å². The molecule has 0 fully saturated rings. The molecule has 5 nitrogen and oxygen atoms in total. The summed E-state index contributed by atoms with van der Waals surface area (Å²) in [6.07, 6.45) is -5.87. The van der Waals surface area contributed by atoms with Gasteiger partial charge in [0.15, 0.2) is 0 Å². The van der Waals surface area contributed by atoms with Crippen LogP contribution < -0.4 is 4.72 Å². The summed E-state index contributed by atoms with van der Waals surface area (Å²) >= 11 is 1.44. The lowest BCUT2D eigenvalue weighted by molar-refractivity contribution is -0.129. The second-order valence-electron chi connectivity index (χ2n) is 5.44. The van der Waals surface area contributed by atoms with Gasteiger partial charge in [0.25, 0.3) is 0 Å². The third-order valence-electron chi connectivity index (χ3n) is 3.36. The van der Waals surface area contributed by atoms with Crippen LogP contribution in [0.5, 0.6) is 0 Å². The van der Waals surface area contributed by atoms with Gasteiger partial charge < -0.3 is 0 Å². The van der Waals surface area contributed by atoms with Crippen molar-refractivity contribution in [1.29, 1.82) is 0 Å². The highest BCUT2D eigenvalue weighted by Gasteiger charge is 2.30. The van der Waals surface area contributed by atoms with Crippen molar-refractivity contribution >= 4 is 21.4 Å². The molecule has 10 heteroatoms. The van der Waals surface area contributed by atoms with Crippen LogP contribution in [0.1, 0.15) is 28.7 Å². The van der Waals surface area contributed by atoms with Gasteiger partial charge in [0, 0.05) is 17.1 Å². The van der Waals surface area contributed by atoms with Crippen molar-refractivity contribution in [3.05, 3.63) is 39.8 Å². The Kier molecular flexibility index (Phi) is 5.71. The lowest BCUT2D eigenvalue weighted by Crippen LogP contribution is -2.34. The zero-order chi connectivity index (χ0) is 18.0. The van der Waals surface area contributed by atoms with E-state index in [1.54, 1.807) is 4.68 Å². The molecular formula is C14H18F3N3O2S2. The summed E-state index contributed by atoms with van der Waals surface area (Å²) < 4.78 is 64.3. The van der Waals surface area contributed by atoms with Crippen LogP contribution in [0, 0.1) is 13.8 Å². The van der Waals surface area contributed by atoms with Crippen LogP contribution in [0.3, 0.4) is 0 Å². The summed E-state index contributed by atoms with van der Waals surface area (Å²) in [4.78, 5) is 0.875. The molecule has 2 rings (SSSR count).